The van der Waals surface area contributed by atoms with E-state index >= 15 is 0 Å². The van der Waals surface area contributed by atoms with Gasteiger partial charge in [0.1, 0.15) is 0 Å². The summed E-state index contributed by atoms with van der Waals surface area (Å²) in [5, 5.41) is 0.674. The highest BCUT2D eigenvalue weighted by Crippen LogP contribution is 2.17. The van der Waals surface area contributed by atoms with Crippen LogP contribution in [0.4, 0.5) is 0 Å². The monoisotopic (exact) mass is 272 g/mol. The minimum absolute atomic E-state index is 0.263. The van der Waals surface area contributed by atoms with Crippen molar-refractivity contribution in [1.29, 1.82) is 0 Å². The average Bonchev–Trinajstić information content (AvgIpc) is 2.93. The van der Waals surface area contributed by atoms with E-state index in [2.05, 4.69) is 15.0 Å². The molecule has 1 N–H and O–H groups in total. The van der Waals surface area contributed by atoms with Crippen LogP contribution in [0.25, 0.3) is 11.2 Å². The molecule has 0 unspecified atom stereocenters. The summed E-state index contributed by atoms with van der Waals surface area (Å²) in [7, 11) is 0. The van der Waals surface area contributed by atoms with Crippen molar-refractivity contribution >= 4 is 22.9 Å². The summed E-state index contributed by atoms with van der Waals surface area (Å²) in [6.07, 6.45) is 3.43. The molecule has 0 saturated heterocycles. The molecule has 5 nitrogen and oxygen atoms in total. The zero-order valence-corrected chi connectivity index (χ0v) is 11.1. The van der Waals surface area contributed by atoms with Gasteiger partial charge in [0.25, 0.3) is 5.56 Å². The van der Waals surface area contributed by atoms with E-state index in [9.17, 15) is 4.79 Å². The van der Waals surface area contributed by atoms with Gasteiger partial charge in [-0.3, -0.25) is 9.36 Å². The lowest BCUT2D eigenvalue weighted by molar-refractivity contribution is 0.690. The molecule has 96 valence electrons. The first-order valence-electron chi connectivity index (χ1n) is 5.81. The second-order valence-electron chi connectivity index (χ2n) is 4.08. The van der Waals surface area contributed by atoms with Crippen LogP contribution in [0.3, 0.4) is 0 Å². The van der Waals surface area contributed by atoms with Crippen molar-refractivity contribution in [1.82, 2.24) is 19.5 Å². The number of imidazole rings is 1. The molecular weight excluding hydrogens is 260 g/mol. The molecule has 2 heterocycles. The van der Waals surface area contributed by atoms with Gasteiger partial charge in [0.2, 0.25) is 0 Å². The molecule has 3 aromatic rings. The first kappa shape index (κ1) is 12.0. The van der Waals surface area contributed by atoms with E-state index in [-0.39, 0.29) is 5.56 Å². The first-order chi connectivity index (χ1) is 9.29. The maximum Gasteiger partial charge on any atom is 0.299 e. The van der Waals surface area contributed by atoms with Gasteiger partial charge in [-0.25, -0.2) is 4.98 Å². The smallest absolute Gasteiger partial charge is 0.299 e. The number of hydrogen-bond donors (Lipinski definition) is 1. The lowest BCUT2D eigenvalue weighted by Crippen LogP contribution is -2.16. The molecule has 0 aliphatic carbocycles. The Labute approximate surface area is 113 Å². The summed E-state index contributed by atoms with van der Waals surface area (Å²) < 4.78 is 1.95. The number of rotatable bonds is 3. The van der Waals surface area contributed by atoms with Gasteiger partial charge in [-0.05, 0) is 11.8 Å². The molecular formula is C13H12N4OS. The molecule has 0 aliphatic rings. The summed E-state index contributed by atoms with van der Waals surface area (Å²) in [6.45, 7) is 0.644. The summed E-state index contributed by atoms with van der Waals surface area (Å²) in [5.41, 5.74) is 1.98. The topological polar surface area (TPSA) is 63.6 Å². The molecule has 19 heavy (non-hydrogen) atoms. The van der Waals surface area contributed by atoms with E-state index in [0.29, 0.717) is 22.9 Å². The van der Waals surface area contributed by atoms with Crippen LogP contribution in [0.2, 0.25) is 0 Å². The van der Waals surface area contributed by atoms with Crippen LogP contribution < -0.4 is 5.56 Å². The van der Waals surface area contributed by atoms with Gasteiger partial charge in [0.15, 0.2) is 16.3 Å². The lowest BCUT2D eigenvalue weighted by atomic mass is 10.2. The number of H-pyrrole nitrogens is 1. The van der Waals surface area contributed by atoms with Crippen LogP contribution in [-0.2, 0) is 6.54 Å². The number of aromatic nitrogens is 4. The summed E-state index contributed by atoms with van der Waals surface area (Å²) in [6, 6.07) is 10.0. The van der Waals surface area contributed by atoms with Gasteiger partial charge in [-0.2, -0.15) is 4.98 Å². The molecule has 3 rings (SSSR count). The van der Waals surface area contributed by atoms with Gasteiger partial charge in [-0.1, -0.05) is 42.1 Å². The fraction of sp³-hybridized carbons (Fsp3) is 0.154. The normalized spacial score (nSPS) is 11.0. The summed E-state index contributed by atoms with van der Waals surface area (Å²) in [4.78, 5) is 23.0. The van der Waals surface area contributed by atoms with Gasteiger partial charge >= 0.3 is 0 Å². The molecule has 0 bridgehead atoms. The maximum atomic E-state index is 11.8. The van der Waals surface area contributed by atoms with Gasteiger partial charge in [0.05, 0.1) is 12.9 Å². The van der Waals surface area contributed by atoms with Crippen LogP contribution in [0.15, 0.2) is 46.6 Å². The fourth-order valence-corrected chi connectivity index (χ4v) is 2.55. The molecule has 0 aliphatic heterocycles. The number of thioether (sulfide) groups is 1. The predicted octanol–water partition coefficient (Wildman–Crippen LogP) is 1.89. The third-order valence-electron chi connectivity index (χ3n) is 2.88. The predicted molar refractivity (Wildman–Crippen MR) is 75.5 cm³/mol. The van der Waals surface area contributed by atoms with E-state index in [1.807, 2.05) is 41.2 Å². The second-order valence-corrected chi connectivity index (χ2v) is 4.85. The Morgan fingerprint density at radius 1 is 1.32 bits per heavy atom. The Hall–Kier alpha value is -2.08. The van der Waals surface area contributed by atoms with E-state index in [0.717, 1.165) is 5.56 Å². The van der Waals surface area contributed by atoms with Crippen LogP contribution in [0.1, 0.15) is 5.56 Å². The minimum atomic E-state index is -0.263. The Kier molecular flexibility index (Phi) is 3.08. The quantitative estimate of drug-likeness (QED) is 0.584. The minimum Gasteiger partial charge on any atom is -0.339 e. The van der Waals surface area contributed by atoms with Crippen molar-refractivity contribution in [2.45, 2.75) is 11.7 Å². The van der Waals surface area contributed by atoms with Crippen molar-refractivity contribution in [3.63, 3.8) is 0 Å². The molecule has 0 spiro atoms. The fourth-order valence-electron chi connectivity index (χ4n) is 2.01. The van der Waals surface area contributed by atoms with Crippen molar-refractivity contribution in [3.8, 4) is 0 Å². The molecule has 0 radical (unpaired) electrons. The second kappa shape index (κ2) is 4.89. The Bertz CT molecular complexity index is 763. The Morgan fingerprint density at radius 3 is 2.84 bits per heavy atom. The van der Waals surface area contributed by atoms with Crippen molar-refractivity contribution in [3.05, 3.63) is 52.6 Å². The third-order valence-corrected chi connectivity index (χ3v) is 3.56. The van der Waals surface area contributed by atoms with Crippen molar-refractivity contribution in [2.75, 3.05) is 6.26 Å². The number of aromatic amines is 1. The third kappa shape index (κ3) is 2.15. The van der Waals surface area contributed by atoms with Crippen LogP contribution in [-0.4, -0.2) is 25.8 Å². The molecule has 0 saturated carbocycles. The summed E-state index contributed by atoms with van der Waals surface area (Å²) >= 11 is 1.45. The SMILES string of the molecule is CSc1nc(=O)c2[nH]cnc2n1Cc1ccccc1. The molecule has 0 fully saturated rings. The van der Waals surface area contributed by atoms with Gasteiger partial charge in [0, 0.05) is 0 Å². The zero-order valence-electron chi connectivity index (χ0n) is 10.3. The Morgan fingerprint density at radius 2 is 2.11 bits per heavy atom. The molecule has 2 aromatic heterocycles. The highest BCUT2D eigenvalue weighted by molar-refractivity contribution is 7.98. The Balaban J connectivity index is 2.19. The maximum absolute atomic E-state index is 11.8. The van der Waals surface area contributed by atoms with Gasteiger partial charge in [-0.15, -0.1) is 0 Å². The van der Waals surface area contributed by atoms with E-state index in [1.54, 1.807) is 0 Å². The standard InChI is InChI=1S/C13H12N4OS/c1-19-13-16-12(18)10-11(15-8-14-10)17(13)7-9-5-3-2-4-6-9/h2-6,8H,7H2,1H3,(H,14,15). The number of fused-ring (bicyclic) bond motifs is 1. The lowest BCUT2D eigenvalue weighted by Gasteiger charge is -2.11. The number of nitrogens with one attached hydrogen (secondary N) is 1. The molecule has 1 aromatic carbocycles. The molecule has 0 amide bonds. The largest absolute Gasteiger partial charge is 0.339 e. The number of benzene rings is 1. The first-order valence-corrected chi connectivity index (χ1v) is 7.04. The van der Waals surface area contributed by atoms with Crippen LogP contribution >= 0.6 is 11.8 Å². The summed E-state index contributed by atoms with van der Waals surface area (Å²) in [5.74, 6) is 0. The van der Waals surface area contributed by atoms with Crippen molar-refractivity contribution in [2.24, 2.45) is 0 Å². The average molecular weight is 272 g/mol. The number of nitrogens with zero attached hydrogens (tertiary/aromatic N) is 3. The molecule has 6 heteroatoms. The van der Waals surface area contributed by atoms with E-state index in [4.69, 9.17) is 0 Å². The van der Waals surface area contributed by atoms with Crippen LogP contribution in [0, 0.1) is 0 Å². The number of hydrogen-bond acceptors (Lipinski definition) is 4. The van der Waals surface area contributed by atoms with E-state index in [1.165, 1.54) is 18.1 Å². The molecule has 0 atom stereocenters. The van der Waals surface area contributed by atoms with Gasteiger partial charge < -0.3 is 4.98 Å². The van der Waals surface area contributed by atoms with Crippen LogP contribution in [0.5, 0.6) is 0 Å². The zero-order chi connectivity index (χ0) is 13.2. The van der Waals surface area contributed by atoms with Crippen molar-refractivity contribution < 1.29 is 0 Å². The highest BCUT2D eigenvalue weighted by Gasteiger charge is 2.12. The van der Waals surface area contributed by atoms with E-state index < -0.39 is 0 Å². The highest BCUT2D eigenvalue weighted by atomic mass is 32.2.